The summed E-state index contributed by atoms with van der Waals surface area (Å²) in [6.07, 6.45) is 11.7. The van der Waals surface area contributed by atoms with Gasteiger partial charge in [0.2, 0.25) is 23.7 Å². The van der Waals surface area contributed by atoms with Gasteiger partial charge in [0, 0.05) is 113 Å². The fourth-order valence-corrected chi connectivity index (χ4v) is 11.4. The van der Waals surface area contributed by atoms with E-state index in [0.29, 0.717) is 89.4 Å². The minimum atomic E-state index is -0.754. The molecule has 3 aromatic carbocycles. The molecule has 6 aromatic rings. The first-order valence-corrected chi connectivity index (χ1v) is 31.3. The lowest BCUT2D eigenvalue weighted by molar-refractivity contribution is -0.142. The number of unbranched alkanes of at least 4 members (excludes halogenated alkanes) is 5. The van der Waals surface area contributed by atoms with Gasteiger partial charge in [-0.1, -0.05) is 82.5 Å². The van der Waals surface area contributed by atoms with Crippen LogP contribution in [0.2, 0.25) is 0 Å². The molecular weight excluding hydrogens is 1110 g/mol. The molecule has 0 aliphatic carbocycles. The maximum Gasteiger partial charge on any atom is 0.255 e. The maximum atomic E-state index is 14.0. The molecule has 2 aliphatic heterocycles. The van der Waals surface area contributed by atoms with E-state index in [1.807, 2.05) is 130 Å². The van der Waals surface area contributed by atoms with Crippen LogP contribution >= 0.6 is 11.3 Å². The molecule has 20 heteroatoms. The summed E-state index contributed by atoms with van der Waals surface area (Å²) in [5.74, 6) is 0.0389. The number of hydrogen-bond acceptors (Lipinski definition) is 16. The van der Waals surface area contributed by atoms with Crippen LogP contribution in [-0.4, -0.2) is 160 Å². The highest BCUT2D eigenvalue weighted by Crippen LogP contribution is 2.30. The number of nitrogens with one attached hydrogen (secondary N) is 4. The van der Waals surface area contributed by atoms with Crippen molar-refractivity contribution in [1.29, 1.82) is 0 Å². The number of benzene rings is 3. The van der Waals surface area contributed by atoms with Crippen molar-refractivity contribution in [3.63, 3.8) is 0 Å². The number of rotatable bonds is 32. The van der Waals surface area contributed by atoms with Crippen LogP contribution in [0.5, 0.6) is 0 Å². The highest BCUT2D eigenvalue weighted by atomic mass is 32.1. The van der Waals surface area contributed by atoms with Crippen LogP contribution < -0.4 is 21.3 Å². The molecule has 0 radical (unpaired) electrons. The van der Waals surface area contributed by atoms with Gasteiger partial charge in [0.25, 0.3) is 5.91 Å². The van der Waals surface area contributed by atoms with Gasteiger partial charge in [-0.05, 0) is 116 Å². The second-order valence-corrected chi connectivity index (χ2v) is 24.2. The Morgan fingerprint density at radius 3 is 2.14 bits per heavy atom. The summed E-state index contributed by atoms with van der Waals surface area (Å²) in [7, 11) is 0. The minimum Gasteiger partial charge on any atom is -0.391 e. The largest absolute Gasteiger partial charge is 0.391 e. The second-order valence-electron chi connectivity index (χ2n) is 23.4. The van der Waals surface area contributed by atoms with Crippen LogP contribution in [0, 0.1) is 19.3 Å². The number of likely N-dealkylation sites (tertiary alicyclic amines) is 1. The van der Waals surface area contributed by atoms with Gasteiger partial charge in [-0.3, -0.25) is 29.1 Å². The lowest BCUT2D eigenvalue weighted by atomic mass is 9.85. The molecule has 0 saturated carbocycles. The molecule has 0 bridgehead atoms. The van der Waals surface area contributed by atoms with E-state index in [1.165, 1.54) is 0 Å². The van der Waals surface area contributed by atoms with Gasteiger partial charge in [0.05, 0.1) is 60.3 Å². The fraction of sp³-hybridized carbons (Fsp3) is 0.485. The average Bonchev–Trinajstić information content (AvgIpc) is 2.56. The van der Waals surface area contributed by atoms with Gasteiger partial charge in [0.15, 0.2) is 0 Å². The number of hydrogen-bond donors (Lipinski definition) is 5. The summed E-state index contributed by atoms with van der Waals surface area (Å²) < 4.78 is 17.3. The monoisotopic (exact) mass is 1190 g/mol. The van der Waals surface area contributed by atoms with Gasteiger partial charge < -0.3 is 50.4 Å². The topological polar surface area (TPSA) is 226 Å². The number of pyridine rings is 1. The number of carbonyl (C=O) groups excluding carboxylic acids is 4. The number of amides is 4. The summed E-state index contributed by atoms with van der Waals surface area (Å²) >= 11 is 1.60. The highest BCUT2D eigenvalue weighted by molar-refractivity contribution is 7.13. The van der Waals surface area contributed by atoms with E-state index >= 15 is 0 Å². The number of aromatic nitrogens is 4. The summed E-state index contributed by atoms with van der Waals surface area (Å²) in [6, 6.07) is 25.9. The molecule has 2 saturated heterocycles. The minimum absolute atomic E-state index is 0.135. The molecule has 5 heterocycles. The maximum absolute atomic E-state index is 14.0. The summed E-state index contributed by atoms with van der Waals surface area (Å²) in [6.45, 7) is 18.3. The molecule has 86 heavy (non-hydrogen) atoms. The van der Waals surface area contributed by atoms with Crippen molar-refractivity contribution in [3.8, 4) is 21.7 Å². The van der Waals surface area contributed by atoms with Gasteiger partial charge in [-0.2, -0.15) is 0 Å². The van der Waals surface area contributed by atoms with Crippen molar-refractivity contribution in [2.24, 2.45) is 5.41 Å². The number of ether oxygens (including phenoxy) is 3. The molecule has 0 spiro atoms. The molecule has 2 fully saturated rings. The third-order valence-electron chi connectivity index (χ3n) is 15.6. The predicted molar refractivity (Wildman–Crippen MR) is 337 cm³/mol. The smallest absolute Gasteiger partial charge is 0.255 e. The predicted octanol–water partition coefficient (Wildman–Crippen LogP) is 9.37. The van der Waals surface area contributed by atoms with Crippen LogP contribution in [0.1, 0.15) is 111 Å². The Bertz CT molecular complexity index is 3080. The van der Waals surface area contributed by atoms with Crippen molar-refractivity contribution in [2.75, 3.05) is 89.5 Å². The highest BCUT2D eigenvalue weighted by Gasteiger charge is 2.43. The van der Waals surface area contributed by atoms with Gasteiger partial charge in [-0.25, -0.2) is 15.0 Å². The zero-order chi connectivity index (χ0) is 60.7. The Labute approximate surface area is 511 Å². The quantitative estimate of drug-likeness (QED) is 0.0248. The lowest BCUT2D eigenvalue weighted by Crippen LogP contribution is -2.56. The van der Waals surface area contributed by atoms with Crippen LogP contribution in [-0.2, 0) is 41.7 Å². The first-order chi connectivity index (χ1) is 41.7. The number of aryl methyl sites for hydroxylation is 2. The van der Waals surface area contributed by atoms with Gasteiger partial charge in [0.1, 0.15) is 6.04 Å². The molecule has 4 amide bonds. The number of aliphatic hydroxyl groups excluding tert-OH is 1. The number of β-amino-alcohol motifs (C(OH)–C–C–N with tert-alkyl or cyclic N) is 1. The number of thiazole rings is 1. The first kappa shape index (κ1) is 64.9. The molecule has 460 valence electrons. The number of carbonyl (C=O) groups is 4. The third-order valence-corrected chi connectivity index (χ3v) is 16.6. The van der Waals surface area contributed by atoms with E-state index in [4.69, 9.17) is 14.2 Å². The van der Waals surface area contributed by atoms with Crippen molar-refractivity contribution in [1.82, 2.24) is 45.3 Å². The third kappa shape index (κ3) is 20.0. The van der Waals surface area contributed by atoms with Gasteiger partial charge in [-0.15, -0.1) is 11.3 Å². The average molecular weight is 1190 g/mol. The zero-order valence-corrected chi connectivity index (χ0v) is 51.5. The normalized spacial score (nSPS) is 15.8. The van der Waals surface area contributed by atoms with Crippen LogP contribution in [0.3, 0.4) is 0 Å². The van der Waals surface area contributed by atoms with E-state index in [1.54, 1.807) is 34.8 Å². The van der Waals surface area contributed by atoms with Crippen molar-refractivity contribution < 1.29 is 38.5 Å². The molecule has 5 N–H and O–H groups in total. The summed E-state index contributed by atoms with van der Waals surface area (Å²) in [5.41, 5.74) is 10.2. The Hall–Kier alpha value is -7.04. The zero-order valence-electron chi connectivity index (χ0n) is 50.7. The van der Waals surface area contributed by atoms with Crippen molar-refractivity contribution in [3.05, 3.63) is 137 Å². The molecule has 1 unspecified atom stereocenters. The summed E-state index contributed by atoms with van der Waals surface area (Å²) in [4.78, 5) is 78.3. The molecule has 2 aliphatic rings. The number of piperazine rings is 1. The molecule has 3 atom stereocenters. The SMILES string of the molecule is Cc1ccc(NC(=O)c2ccc(CN3CCN(C(=O)CCCCCOCCOCCOCCCCCCNC(C(=O)N4C[C@H](O)C[C@H]4C(=O)NCc4ccc(-c5scnc5C)cc4)C(C)(C)C)CC3)cc2)cc1Nc1nccc(-c2cccnc2)n1. The standard InChI is InChI=1S/C66H87N11O8S/c1-47-16-25-54(40-57(47)74-65-69-29-26-56(73-65)53-14-13-27-67-43-53)72-62(80)52-23-19-50(20-24-52)44-75-30-32-76(33-31-75)59(79)15-9-8-12-35-84-37-39-85-38-36-83-34-11-7-6-10-28-68-61(66(3,4)5)64(82)77-45-55(78)41-58(77)63(81)70-42-49-17-21-51(22-18-49)60-48(2)71-46-86-60/h13-14,16-27,29,40,43,46,55,58,61,68,78H,6-12,15,28,30-39,41-42,44-45H2,1-5H3,(H,70,81)(H,72,80)(H,69,73,74)/t55-,58+,61?/m1/s1. The fourth-order valence-electron chi connectivity index (χ4n) is 10.6. The second kappa shape index (κ2) is 33.2. The number of anilines is 3. The Morgan fingerprint density at radius 2 is 1.45 bits per heavy atom. The number of aliphatic hydroxyl groups is 1. The Balaban J connectivity index is 0.597. The van der Waals surface area contributed by atoms with Crippen molar-refractivity contribution in [2.45, 2.75) is 124 Å². The molecular formula is C66H87N11O8S. The molecule has 3 aromatic heterocycles. The lowest BCUT2D eigenvalue weighted by Gasteiger charge is -2.35. The van der Waals surface area contributed by atoms with E-state index in [9.17, 15) is 24.3 Å². The molecule has 8 rings (SSSR count). The first-order valence-electron chi connectivity index (χ1n) is 30.4. The van der Waals surface area contributed by atoms with Crippen LogP contribution in [0.4, 0.5) is 17.3 Å². The molecule has 19 nitrogen and oxygen atoms in total. The van der Waals surface area contributed by atoms with E-state index in [0.717, 1.165) is 114 Å². The Morgan fingerprint density at radius 1 is 0.756 bits per heavy atom. The van der Waals surface area contributed by atoms with Gasteiger partial charge >= 0.3 is 0 Å². The van der Waals surface area contributed by atoms with E-state index in [2.05, 4.69) is 46.1 Å². The number of nitrogens with zero attached hydrogens (tertiary/aromatic N) is 7. The van der Waals surface area contributed by atoms with Crippen LogP contribution in [0.25, 0.3) is 21.7 Å². The Kier molecular flexibility index (Phi) is 25.1. The van der Waals surface area contributed by atoms with Crippen LogP contribution in [0.15, 0.2) is 109 Å². The van der Waals surface area contributed by atoms with E-state index in [-0.39, 0.29) is 36.6 Å². The van der Waals surface area contributed by atoms with E-state index < -0.39 is 23.6 Å². The van der Waals surface area contributed by atoms with Crippen molar-refractivity contribution >= 4 is 52.3 Å². The summed E-state index contributed by atoms with van der Waals surface area (Å²) in [5, 5.41) is 23.4.